The number of halogens is 4. The summed E-state index contributed by atoms with van der Waals surface area (Å²) in [6.07, 6.45) is 5.88. The third-order valence-electron chi connectivity index (χ3n) is 7.70. The standard InChI is InChI=1S/C34H32ClF3N4O3S2/c1-34(2,23-8-13-29(37)31(18-23)45-3)32-21-39-33(42(32)25-11-9-24(36)10-12-25)46-22-27-28(35)19-26(20-30(27)38)47(43,44)40-14-7-17-41-15-5-4-6-16-41/h4-6,8-13,15-16,18-21H,7,14,17,22H2,1-3H3. The Morgan fingerprint density at radius 2 is 1.72 bits per heavy atom. The molecule has 13 heteroatoms. The van der Waals surface area contributed by atoms with Crippen LogP contribution in [0.5, 0.6) is 5.75 Å². The Labute approximate surface area is 281 Å². The number of thioether (sulfide) groups is 1. The second-order valence-electron chi connectivity index (χ2n) is 11.2. The molecule has 2 heterocycles. The van der Waals surface area contributed by atoms with Gasteiger partial charge in [-0.15, -0.1) is 6.54 Å². The first-order chi connectivity index (χ1) is 22.4. The van der Waals surface area contributed by atoms with Crippen LogP contribution in [0.1, 0.15) is 37.1 Å². The van der Waals surface area contributed by atoms with Gasteiger partial charge in [0.25, 0.3) is 0 Å². The normalized spacial score (nSPS) is 12.0. The van der Waals surface area contributed by atoms with Gasteiger partial charge in [-0.1, -0.05) is 49.3 Å². The summed E-state index contributed by atoms with van der Waals surface area (Å²) >= 11 is 7.62. The van der Waals surface area contributed by atoms with Gasteiger partial charge in [0.1, 0.15) is 28.2 Å². The molecule has 0 atom stereocenters. The molecule has 0 saturated carbocycles. The first-order valence-corrected chi connectivity index (χ1v) is 17.4. The monoisotopic (exact) mass is 700 g/mol. The lowest BCUT2D eigenvalue weighted by molar-refractivity contribution is -0.697. The van der Waals surface area contributed by atoms with E-state index in [1.807, 2.05) is 53.6 Å². The zero-order valence-corrected chi connectivity index (χ0v) is 28.2. The molecule has 0 saturated heterocycles. The number of aryl methyl sites for hydroxylation is 1. The van der Waals surface area contributed by atoms with Crippen LogP contribution in [0, 0.1) is 17.5 Å². The van der Waals surface area contributed by atoms with E-state index in [0.29, 0.717) is 29.5 Å². The van der Waals surface area contributed by atoms with Crippen molar-refractivity contribution in [2.24, 2.45) is 0 Å². The van der Waals surface area contributed by atoms with E-state index in [0.717, 1.165) is 11.6 Å². The van der Waals surface area contributed by atoms with Crippen LogP contribution in [-0.4, -0.2) is 31.6 Å². The predicted octanol–water partition coefficient (Wildman–Crippen LogP) is 8.01. The van der Waals surface area contributed by atoms with Crippen LogP contribution in [-0.2, 0) is 27.7 Å². The molecule has 0 bridgehead atoms. The van der Waals surface area contributed by atoms with E-state index in [1.165, 1.54) is 43.1 Å². The van der Waals surface area contributed by atoms with Crippen LogP contribution in [0.2, 0.25) is 5.02 Å². The Kier molecular flexibility index (Phi) is 10.6. The Hall–Kier alpha value is -3.84. The number of benzene rings is 3. The average molecular weight is 701 g/mol. The number of hydrogen-bond acceptors (Lipinski definition) is 5. The van der Waals surface area contributed by atoms with Crippen LogP contribution in [0.3, 0.4) is 0 Å². The van der Waals surface area contributed by atoms with E-state index in [-0.39, 0.29) is 33.5 Å². The maximum Gasteiger partial charge on any atom is 0.173 e. The van der Waals surface area contributed by atoms with E-state index in [2.05, 4.69) is 9.71 Å². The summed E-state index contributed by atoms with van der Waals surface area (Å²) in [6.45, 7) is 4.49. The number of aromatic nitrogens is 3. The minimum Gasteiger partial charge on any atom is -0.544 e. The lowest BCUT2D eigenvalue weighted by atomic mass is 9.81. The molecule has 3 aromatic carbocycles. The number of pyridine rings is 1. The number of imidazole rings is 1. The summed E-state index contributed by atoms with van der Waals surface area (Å²) in [4.78, 5) is 4.28. The van der Waals surface area contributed by atoms with Crippen LogP contribution in [0.4, 0.5) is 13.2 Å². The van der Waals surface area contributed by atoms with Crippen molar-refractivity contribution in [2.75, 3.05) is 13.7 Å². The van der Waals surface area contributed by atoms with Gasteiger partial charge in [-0.25, -0.2) is 31.1 Å². The molecule has 0 radical (unpaired) electrons. The SMILES string of the molecule is COc1cc(C(C)(C)c2cnc(SCc3c(F)cc(S(=O)(=O)[N-]CCC[n+]4ccccc4)cc3Cl)n2-c2ccc(F)cc2)ccc1F. The third kappa shape index (κ3) is 7.83. The molecule has 7 nitrogen and oxygen atoms in total. The maximum atomic E-state index is 15.4. The molecule has 0 spiro atoms. The topological polar surface area (TPSA) is 79.2 Å². The van der Waals surface area contributed by atoms with E-state index in [4.69, 9.17) is 16.3 Å². The molecule has 47 heavy (non-hydrogen) atoms. The van der Waals surface area contributed by atoms with Gasteiger partial charge in [0.15, 0.2) is 29.1 Å². The van der Waals surface area contributed by atoms with Gasteiger partial charge in [-0.05, 0) is 60.5 Å². The Balaban J connectivity index is 1.38. The number of rotatable bonds is 13. The van der Waals surface area contributed by atoms with Crippen LogP contribution in [0.25, 0.3) is 10.4 Å². The molecule has 0 aliphatic carbocycles. The summed E-state index contributed by atoms with van der Waals surface area (Å²) in [5.41, 5.74) is 1.40. The molecular formula is C34H32ClF3N4O3S2. The van der Waals surface area contributed by atoms with E-state index >= 15 is 4.39 Å². The maximum absolute atomic E-state index is 15.4. The fourth-order valence-electron chi connectivity index (χ4n) is 5.01. The van der Waals surface area contributed by atoms with E-state index in [9.17, 15) is 17.2 Å². The van der Waals surface area contributed by atoms with Crippen molar-refractivity contribution in [3.8, 4) is 11.4 Å². The highest BCUT2D eigenvalue weighted by atomic mass is 35.5. The number of nitrogens with zero attached hydrogens (tertiary/aromatic N) is 4. The molecule has 0 aliphatic rings. The zero-order chi connectivity index (χ0) is 33.8. The van der Waals surface area contributed by atoms with Crippen LogP contribution < -0.4 is 9.30 Å². The van der Waals surface area contributed by atoms with Crippen molar-refractivity contribution in [1.29, 1.82) is 0 Å². The molecule has 5 rings (SSSR count). The number of ether oxygens (including phenoxy) is 1. The first-order valence-electron chi connectivity index (χ1n) is 14.6. The molecule has 0 N–H and O–H groups in total. The van der Waals surface area contributed by atoms with Gasteiger partial charge >= 0.3 is 0 Å². The molecule has 0 unspecified atom stereocenters. The third-order valence-corrected chi connectivity index (χ3v) is 10.4. The van der Waals surface area contributed by atoms with E-state index in [1.54, 1.807) is 30.5 Å². The number of hydrogen-bond donors (Lipinski definition) is 0. The lowest BCUT2D eigenvalue weighted by Gasteiger charge is -2.28. The largest absolute Gasteiger partial charge is 0.544 e. The fourth-order valence-corrected chi connectivity index (χ4v) is 7.50. The summed E-state index contributed by atoms with van der Waals surface area (Å²) in [5.74, 6) is -1.61. The van der Waals surface area contributed by atoms with Crippen LogP contribution in [0.15, 0.2) is 101 Å². The molecule has 246 valence electrons. The van der Waals surface area contributed by atoms with Crippen molar-refractivity contribution in [3.63, 3.8) is 0 Å². The van der Waals surface area contributed by atoms with Gasteiger partial charge in [-0.3, -0.25) is 4.57 Å². The first kappa shape index (κ1) is 34.5. The molecule has 0 aliphatic heterocycles. The molecular weight excluding hydrogens is 669 g/mol. The molecule has 2 aromatic heterocycles. The van der Waals surface area contributed by atoms with Crippen molar-refractivity contribution in [1.82, 2.24) is 9.55 Å². The average Bonchev–Trinajstić information content (AvgIpc) is 3.48. The highest BCUT2D eigenvalue weighted by molar-refractivity contribution is 7.98. The second-order valence-corrected chi connectivity index (χ2v) is 14.2. The van der Waals surface area contributed by atoms with Gasteiger partial charge in [0.2, 0.25) is 0 Å². The summed E-state index contributed by atoms with van der Waals surface area (Å²) in [6, 6.07) is 18.2. The van der Waals surface area contributed by atoms with Gasteiger partial charge in [-0.2, -0.15) is 0 Å². The van der Waals surface area contributed by atoms with Gasteiger partial charge < -0.3 is 9.46 Å². The second kappa shape index (κ2) is 14.5. The van der Waals surface area contributed by atoms with Crippen molar-refractivity contribution < 1.29 is 30.9 Å². The zero-order valence-electron chi connectivity index (χ0n) is 25.8. The number of methoxy groups -OCH3 is 1. The Bertz CT molecular complexity index is 1950. The molecule has 5 aromatic rings. The van der Waals surface area contributed by atoms with Gasteiger partial charge in [0, 0.05) is 39.6 Å². The minimum absolute atomic E-state index is 0.0128. The lowest BCUT2D eigenvalue weighted by Crippen LogP contribution is -2.32. The molecule has 0 amide bonds. The fraction of sp³-hybridized carbons (Fsp3) is 0.235. The highest BCUT2D eigenvalue weighted by Gasteiger charge is 2.30. The summed E-state index contributed by atoms with van der Waals surface area (Å²) < 4.78 is 82.0. The Morgan fingerprint density at radius 1 is 1.00 bits per heavy atom. The highest BCUT2D eigenvalue weighted by Crippen LogP contribution is 2.39. The predicted molar refractivity (Wildman–Crippen MR) is 176 cm³/mol. The van der Waals surface area contributed by atoms with E-state index < -0.39 is 32.9 Å². The minimum atomic E-state index is -4.13. The van der Waals surface area contributed by atoms with Gasteiger partial charge in [0.05, 0.1) is 23.9 Å². The van der Waals surface area contributed by atoms with Crippen LogP contribution >= 0.6 is 23.4 Å². The summed E-state index contributed by atoms with van der Waals surface area (Å²) in [7, 11) is -2.74. The van der Waals surface area contributed by atoms with Crippen molar-refractivity contribution in [3.05, 3.63) is 135 Å². The molecule has 0 fully saturated rings. The number of sulfonamides is 1. The Morgan fingerprint density at radius 3 is 2.40 bits per heavy atom. The van der Waals surface area contributed by atoms with Crippen molar-refractivity contribution in [2.45, 2.75) is 48.0 Å². The smallest absolute Gasteiger partial charge is 0.173 e. The van der Waals surface area contributed by atoms with Crippen molar-refractivity contribution >= 4 is 33.4 Å². The summed E-state index contributed by atoms with van der Waals surface area (Å²) in [5, 5.41) is 0.386. The quantitative estimate of drug-likeness (QED) is 0.0707.